The Hall–Kier alpha value is -8.82. The summed E-state index contributed by atoms with van der Waals surface area (Å²) < 4.78 is 134. The molecule has 12 rings (SSSR count). The van der Waals surface area contributed by atoms with E-state index in [2.05, 4.69) is 149 Å². The van der Waals surface area contributed by atoms with E-state index in [0.717, 1.165) is 109 Å². The third-order valence-corrected chi connectivity index (χ3v) is 14.9. The molecule has 0 aliphatic rings. The predicted octanol–water partition coefficient (Wildman–Crippen LogP) is 17.4. The second kappa shape index (κ2) is 39.3. The molecule has 0 bridgehead atoms. The minimum absolute atomic E-state index is 0. The average molecular weight is 1490 g/mol. The highest BCUT2D eigenvalue weighted by molar-refractivity contribution is 9.10. The summed E-state index contributed by atoms with van der Waals surface area (Å²) in [7, 11) is -11.0. The molecular formula is C72H51B3Br2Cl2F14O3. The molecule has 0 aliphatic heterocycles. The Kier molecular flexibility index (Phi) is 32.6. The summed E-state index contributed by atoms with van der Waals surface area (Å²) in [5, 5.41) is 1.42. The van der Waals surface area contributed by atoms with Gasteiger partial charge in [0.25, 0.3) is 0 Å². The summed E-state index contributed by atoms with van der Waals surface area (Å²) in [6.07, 6.45) is 0. The van der Waals surface area contributed by atoms with Crippen molar-refractivity contribution in [3.8, 4) is 101 Å². The van der Waals surface area contributed by atoms with Gasteiger partial charge in [0.05, 0.1) is 69.8 Å². The molecule has 0 amide bonds. The molecule has 492 valence electrons. The molecule has 9 aromatic carbocycles. The van der Waals surface area contributed by atoms with E-state index in [1.807, 2.05) is 110 Å². The van der Waals surface area contributed by atoms with Gasteiger partial charge >= 0.3 is 57.2 Å². The normalized spacial score (nSPS) is 9.94. The predicted molar refractivity (Wildman–Crippen MR) is 365 cm³/mol. The lowest BCUT2D eigenvalue weighted by Crippen LogP contribution is -3.00. The zero-order valence-corrected chi connectivity index (χ0v) is 55.2. The summed E-state index contributed by atoms with van der Waals surface area (Å²) in [6.45, 7) is 6.19. The molecular weight excluding hydrogens is 1440 g/mol. The van der Waals surface area contributed by atoms with Gasteiger partial charge in [-0.15, -0.1) is 0 Å². The lowest BCUT2D eigenvalue weighted by atomic mass is 10.0. The molecule has 0 spiro atoms. The van der Waals surface area contributed by atoms with Crippen molar-refractivity contribution in [1.29, 1.82) is 0 Å². The summed E-state index contributed by atoms with van der Waals surface area (Å²) in [5.74, 6) is 4.03. The topological polar surface area (TPSA) is 33.9 Å². The third-order valence-electron chi connectivity index (χ3n) is 13.3. The molecule has 0 fully saturated rings. The Balaban J connectivity index is 0.000000278. The highest BCUT2D eigenvalue weighted by Gasteiger charge is 2.24. The van der Waals surface area contributed by atoms with Gasteiger partial charge in [-0.1, -0.05) is 145 Å². The molecule has 3 aromatic heterocycles. The van der Waals surface area contributed by atoms with Crippen LogP contribution in [0.25, 0.3) is 101 Å². The third kappa shape index (κ3) is 25.7. The van der Waals surface area contributed by atoms with Gasteiger partial charge in [0.1, 0.15) is 11.6 Å². The van der Waals surface area contributed by atoms with Crippen LogP contribution >= 0.6 is 55.1 Å². The molecule has 0 aliphatic carbocycles. The molecule has 0 radical (unpaired) electrons. The van der Waals surface area contributed by atoms with Crippen molar-refractivity contribution >= 4 is 77.7 Å². The van der Waals surface area contributed by atoms with Crippen LogP contribution in [0.5, 0.6) is 0 Å². The van der Waals surface area contributed by atoms with Crippen molar-refractivity contribution in [2.24, 2.45) is 0 Å². The molecule has 96 heavy (non-hydrogen) atoms. The highest BCUT2D eigenvalue weighted by atomic mass is 79.9. The van der Waals surface area contributed by atoms with Gasteiger partial charge in [0.15, 0.2) is 0 Å². The first-order valence-corrected chi connectivity index (χ1v) is 30.3. The Morgan fingerprint density at radius 3 is 0.625 bits per heavy atom. The Bertz CT molecular complexity index is 3380. The first-order chi connectivity index (χ1) is 44.4. The Labute approximate surface area is 573 Å². The largest absolute Gasteiger partial charge is 1.00 e. The molecule has 0 saturated heterocycles. The number of aryl methyl sites for hydroxylation is 3. The molecule has 0 N–H and O–H groups in total. The number of hydrogen-bond acceptors (Lipinski definition) is 0. The molecule has 3 nitrogen and oxygen atoms in total. The van der Waals surface area contributed by atoms with Crippen LogP contribution in [0.3, 0.4) is 0 Å². The Morgan fingerprint density at radius 1 is 0.250 bits per heavy atom. The van der Waals surface area contributed by atoms with Crippen molar-refractivity contribution in [1.82, 2.24) is 0 Å². The van der Waals surface area contributed by atoms with Crippen LogP contribution in [0.4, 0.5) is 47.6 Å². The van der Waals surface area contributed by atoms with Crippen LogP contribution in [-0.2, 0) is 0 Å². The monoisotopic (exact) mass is 1490 g/mol. The highest BCUT2D eigenvalue weighted by Crippen LogP contribution is 2.38. The molecule has 0 atom stereocenters. The van der Waals surface area contributed by atoms with Crippen LogP contribution in [0, 0.1) is 32.4 Å². The van der Waals surface area contributed by atoms with E-state index in [-0.39, 0.29) is 25.7 Å². The Morgan fingerprint density at radius 2 is 0.406 bits per heavy atom. The smallest absolute Gasteiger partial charge is 0.762 e. The van der Waals surface area contributed by atoms with E-state index in [0.29, 0.717) is 16.5 Å². The first kappa shape index (κ1) is 79.6. The fourth-order valence-electron chi connectivity index (χ4n) is 8.78. The van der Waals surface area contributed by atoms with E-state index >= 15 is 0 Å². The van der Waals surface area contributed by atoms with E-state index in [1.165, 1.54) is 35.4 Å². The minimum atomic E-state index is -3.67. The summed E-state index contributed by atoms with van der Waals surface area (Å²) in [5.41, 5.74) is 15.6. The van der Waals surface area contributed by atoms with Crippen molar-refractivity contribution in [3.63, 3.8) is 0 Å². The van der Waals surface area contributed by atoms with Crippen LogP contribution in [-0.4, -0.2) is 22.6 Å². The van der Waals surface area contributed by atoms with Gasteiger partial charge in [-0.2, -0.15) is 0 Å². The van der Waals surface area contributed by atoms with Gasteiger partial charge in [0, 0.05) is 35.7 Å². The maximum Gasteiger partial charge on any atom is 0.762 e. The summed E-state index contributed by atoms with van der Waals surface area (Å²) in [6, 6.07) is 81.4. The number of benzene rings is 9. The van der Waals surface area contributed by atoms with Crippen LogP contribution in [0.15, 0.2) is 277 Å². The van der Waals surface area contributed by atoms with Crippen molar-refractivity contribution in [2.45, 2.75) is 20.8 Å². The molecule has 12 aromatic rings. The zero-order chi connectivity index (χ0) is 67.1. The van der Waals surface area contributed by atoms with Gasteiger partial charge < -0.3 is 14.1 Å². The summed E-state index contributed by atoms with van der Waals surface area (Å²) in [4.78, 5) is 0. The second-order valence-electron chi connectivity index (χ2n) is 20.1. The van der Waals surface area contributed by atoms with E-state index in [9.17, 15) is 47.6 Å². The molecule has 24 heteroatoms. The van der Waals surface area contributed by atoms with Gasteiger partial charge in [-0.25, -0.2) is 22.0 Å². The maximum absolute atomic E-state index is 13.3. The number of halogens is 18. The van der Waals surface area contributed by atoms with Crippen LogP contribution in [0.2, 0.25) is 10.0 Å². The lowest BCUT2D eigenvalue weighted by molar-refractivity contribution is -0.00100. The van der Waals surface area contributed by atoms with Crippen LogP contribution < -0.4 is 14.1 Å². The molecule has 0 saturated carbocycles. The minimum Gasteiger partial charge on any atom is -1.00 e. The second-order valence-corrected chi connectivity index (χ2v) is 22.8. The van der Waals surface area contributed by atoms with Gasteiger partial charge in [-0.05, 0) is 183 Å². The SMILES string of the molecule is Cc1ccc(-c2cc(-c3ccc(Br)cc3)cc(-c3ccc(Br)cc3)[o+]2)cc1.Cc1ccc(-c2cc(-c3ccc(Cl)cc3)cc(-c3ccc(Cl)cc3)[o+]2)cc1.Cc1ccc(-c2cc(-c3ccc(F)cc3)cc(-c3ccc(F)cc3)[o+]2)cc1.FB(F)F.FB(F)F.FB(F)F.[F-].[F-].[F-]. The standard InChI is InChI=1S/C24H17Br2O.C24H17Cl2O.C24H17F2O.3BF3.3FH/c3*1-16-2-4-18(5-3-16)23-14-20(17-6-10-21(25)11-7-17)15-24(27-23)19-8-12-22(26)13-9-19;3*2-1(3)4;;;/h3*2-15H,1H3;;;;3*1H/q3*+1;;;;;;/p-3. The van der Waals surface area contributed by atoms with E-state index in [4.69, 9.17) is 36.5 Å². The zero-order valence-electron chi connectivity index (χ0n) is 50.5. The van der Waals surface area contributed by atoms with Crippen molar-refractivity contribution in [2.75, 3.05) is 0 Å². The first-order valence-electron chi connectivity index (χ1n) is 27.9. The maximum atomic E-state index is 13.3. The van der Waals surface area contributed by atoms with Crippen LogP contribution in [0.1, 0.15) is 16.7 Å². The van der Waals surface area contributed by atoms with Crippen molar-refractivity contribution in [3.05, 3.63) is 302 Å². The fraction of sp³-hybridized carbons (Fsp3) is 0.0417. The quantitative estimate of drug-likeness (QED) is 0.0820. The fourth-order valence-corrected chi connectivity index (χ4v) is 9.56. The molecule has 0 unspecified atom stereocenters. The van der Waals surface area contributed by atoms with E-state index in [1.54, 1.807) is 24.3 Å². The number of rotatable bonds is 9. The molecule has 3 heterocycles. The van der Waals surface area contributed by atoms with Gasteiger partial charge in [-0.3, -0.25) is 38.8 Å². The van der Waals surface area contributed by atoms with Gasteiger partial charge in [0.2, 0.25) is 0 Å². The summed E-state index contributed by atoms with van der Waals surface area (Å²) >= 11 is 19.1. The number of hydrogen-bond donors (Lipinski definition) is 0. The van der Waals surface area contributed by atoms with E-state index < -0.39 is 22.6 Å². The van der Waals surface area contributed by atoms with Crippen molar-refractivity contribution < 1.29 is 75.0 Å². The lowest BCUT2D eigenvalue weighted by Gasteiger charge is -2.03. The average Bonchev–Trinajstić information content (AvgIpc) is 0.820.